The van der Waals surface area contributed by atoms with Crippen molar-refractivity contribution in [1.82, 2.24) is 9.55 Å². The molecule has 0 amide bonds. The zero-order valence-electron chi connectivity index (χ0n) is 10.9. The highest BCUT2D eigenvalue weighted by Gasteiger charge is 2.20. The number of rotatable bonds is 6. The van der Waals surface area contributed by atoms with Crippen molar-refractivity contribution in [3.05, 3.63) is 47.5 Å². The molecule has 0 fully saturated rings. The Balaban J connectivity index is 2.15. The van der Waals surface area contributed by atoms with E-state index in [1.807, 2.05) is 0 Å². The van der Waals surface area contributed by atoms with Gasteiger partial charge in [-0.25, -0.2) is 18.2 Å². The number of benzene rings is 1. The fourth-order valence-corrected chi connectivity index (χ4v) is 3.71. The van der Waals surface area contributed by atoms with E-state index in [0.717, 1.165) is 6.07 Å². The molecule has 0 saturated carbocycles. The first-order valence-corrected chi connectivity index (χ1v) is 8.14. The molecule has 6 nitrogen and oxygen atoms in total. The minimum atomic E-state index is -3.63. The lowest BCUT2D eigenvalue weighted by atomic mass is 10.2. The van der Waals surface area contributed by atoms with E-state index in [-0.39, 0.29) is 21.2 Å². The molecule has 0 aliphatic rings. The van der Waals surface area contributed by atoms with Gasteiger partial charge in [-0.1, -0.05) is 11.6 Å². The Morgan fingerprint density at radius 2 is 2.14 bits per heavy atom. The molecule has 112 valence electrons. The summed E-state index contributed by atoms with van der Waals surface area (Å²) in [6.45, 7) is 0.509. The van der Waals surface area contributed by atoms with Gasteiger partial charge in [0.15, 0.2) is 9.84 Å². The Morgan fingerprint density at radius 3 is 2.76 bits per heavy atom. The molecule has 0 aliphatic heterocycles. The van der Waals surface area contributed by atoms with Crippen molar-refractivity contribution >= 4 is 27.4 Å². The summed E-state index contributed by atoms with van der Waals surface area (Å²) in [5.41, 5.74) is -0.104. The summed E-state index contributed by atoms with van der Waals surface area (Å²) in [7, 11) is -3.63. The number of carboxylic acids is 1. The summed E-state index contributed by atoms with van der Waals surface area (Å²) in [6.07, 6.45) is 5.34. The Morgan fingerprint density at radius 1 is 1.38 bits per heavy atom. The smallest absolute Gasteiger partial charge is 0.335 e. The second-order valence-electron chi connectivity index (χ2n) is 4.42. The maximum absolute atomic E-state index is 12.3. The predicted octanol–water partition coefficient (Wildman–Crippen LogP) is 2.10. The molecule has 0 aliphatic carbocycles. The summed E-state index contributed by atoms with van der Waals surface area (Å²) in [6, 6.07) is 3.65. The topological polar surface area (TPSA) is 89.3 Å². The third-order valence-corrected chi connectivity index (χ3v) is 5.18. The van der Waals surface area contributed by atoms with Crippen LogP contribution in [0.1, 0.15) is 16.8 Å². The van der Waals surface area contributed by atoms with Crippen LogP contribution in [0.5, 0.6) is 0 Å². The van der Waals surface area contributed by atoms with Gasteiger partial charge in [-0.05, 0) is 24.6 Å². The lowest BCUT2D eigenvalue weighted by molar-refractivity contribution is 0.0696. The van der Waals surface area contributed by atoms with E-state index < -0.39 is 15.8 Å². The fraction of sp³-hybridized carbons (Fsp3) is 0.231. The molecule has 0 bridgehead atoms. The van der Waals surface area contributed by atoms with Crippen LogP contribution in [0, 0.1) is 0 Å². The monoisotopic (exact) mass is 328 g/mol. The van der Waals surface area contributed by atoms with Gasteiger partial charge in [0, 0.05) is 18.9 Å². The van der Waals surface area contributed by atoms with Gasteiger partial charge in [-0.15, -0.1) is 0 Å². The number of hydrogen-bond donors (Lipinski definition) is 1. The molecule has 2 rings (SSSR count). The maximum Gasteiger partial charge on any atom is 0.335 e. The number of imidazole rings is 1. The van der Waals surface area contributed by atoms with Crippen LogP contribution >= 0.6 is 11.6 Å². The molecule has 1 aromatic heterocycles. The van der Waals surface area contributed by atoms with Crippen molar-refractivity contribution in [1.29, 1.82) is 0 Å². The van der Waals surface area contributed by atoms with E-state index >= 15 is 0 Å². The molecule has 1 heterocycles. The molecule has 1 N–H and O–H groups in total. The molecule has 1 aromatic carbocycles. The molecule has 0 spiro atoms. The number of halogens is 1. The quantitative estimate of drug-likeness (QED) is 0.877. The zero-order chi connectivity index (χ0) is 15.5. The van der Waals surface area contributed by atoms with Crippen LogP contribution in [0.25, 0.3) is 0 Å². The maximum atomic E-state index is 12.3. The lowest BCUT2D eigenvalue weighted by Crippen LogP contribution is -2.11. The molecule has 2 aromatic rings. The van der Waals surface area contributed by atoms with Crippen molar-refractivity contribution in [2.45, 2.75) is 17.9 Å². The highest BCUT2D eigenvalue weighted by Crippen LogP contribution is 2.24. The number of sulfone groups is 1. The van der Waals surface area contributed by atoms with Crippen LogP contribution in [-0.4, -0.2) is 34.8 Å². The van der Waals surface area contributed by atoms with Crippen LogP contribution in [0.4, 0.5) is 0 Å². The summed E-state index contributed by atoms with van der Waals surface area (Å²) < 4.78 is 26.3. The number of aryl methyl sites for hydroxylation is 1. The fourth-order valence-electron chi connectivity index (χ4n) is 1.84. The highest BCUT2D eigenvalue weighted by atomic mass is 35.5. The van der Waals surface area contributed by atoms with E-state index in [1.54, 1.807) is 23.3 Å². The number of carbonyl (C=O) groups is 1. The van der Waals surface area contributed by atoms with Crippen molar-refractivity contribution in [2.75, 3.05) is 5.75 Å². The van der Waals surface area contributed by atoms with Crippen LogP contribution < -0.4 is 0 Å². The summed E-state index contributed by atoms with van der Waals surface area (Å²) in [5.74, 6) is -1.31. The predicted molar refractivity (Wildman–Crippen MR) is 77.3 cm³/mol. The molecule has 21 heavy (non-hydrogen) atoms. The third-order valence-electron chi connectivity index (χ3n) is 2.90. The van der Waals surface area contributed by atoms with E-state index in [2.05, 4.69) is 4.98 Å². The summed E-state index contributed by atoms with van der Waals surface area (Å²) >= 11 is 5.88. The number of hydrogen-bond acceptors (Lipinski definition) is 4. The number of carboxylic acid groups (broad SMARTS) is 1. The van der Waals surface area contributed by atoms with E-state index in [1.165, 1.54) is 12.1 Å². The Kier molecular flexibility index (Phi) is 4.64. The van der Waals surface area contributed by atoms with Crippen molar-refractivity contribution in [3.8, 4) is 0 Å². The van der Waals surface area contributed by atoms with Crippen molar-refractivity contribution in [3.63, 3.8) is 0 Å². The Hall–Kier alpha value is -1.86. The molecule has 0 radical (unpaired) electrons. The van der Waals surface area contributed by atoms with Gasteiger partial charge < -0.3 is 9.67 Å². The van der Waals surface area contributed by atoms with Gasteiger partial charge in [0.05, 0.1) is 27.6 Å². The van der Waals surface area contributed by atoms with E-state index in [4.69, 9.17) is 16.7 Å². The SMILES string of the molecule is O=C(O)c1ccc(Cl)c(S(=O)(=O)CCCn2ccnc2)c1. The molecule has 0 saturated heterocycles. The summed E-state index contributed by atoms with van der Waals surface area (Å²) in [5, 5.41) is 8.95. The minimum absolute atomic E-state index is 0.0302. The zero-order valence-corrected chi connectivity index (χ0v) is 12.5. The first-order chi connectivity index (χ1) is 9.90. The van der Waals surface area contributed by atoms with E-state index in [9.17, 15) is 13.2 Å². The van der Waals surface area contributed by atoms with Crippen LogP contribution in [0.3, 0.4) is 0 Å². The second-order valence-corrected chi connectivity index (χ2v) is 6.91. The highest BCUT2D eigenvalue weighted by molar-refractivity contribution is 7.91. The van der Waals surface area contributed by atoms with Gasteiger partial charge in [0.25, 0.3) is 0 Å². The van der Waals surface area contributed by atoms with Gasteiger partial charge in [0.2, 0.25) is 0 Å². The van der Waals surface area contributed by atoms with Crippen molar-refractivity contribution in [2.24, 2.45) is 0 Å². The summed E-state index contributed by atoms with van der Waals surface area (Å²) in [4.78, 5) is 14.6. The Labute approximate surface area is 126 Å². The molecule has 0 unspecified atom stereocenters. The number of aromatic nitrogens is 2. The number of aromatic carboxylic acids is 1. The van der Waals surface area contributed by atoms with Crippen LogP contribution in [0.2, 0.25) is 5.02 Å². The molecule has 0 atom stereocenters. The number of nitrogens with zero attached hydrogens (tertiary/aromatic N) is 2. The average molecular weight is 329 g/mol. The van der Waals surface area contributed by atoms with Gasteiger partial charge >= 0.3 is 5.97 Å². The third kappa shape index (κ3) is 3.83. The van der Waals surface area contributed by atoms with E-state index in [0.29, 0.717) is 13.0 Å². The second kappa shape index (κ2) is 6.28. The molecular weight excluding hydrogens is 316 g/mol. The molecular formula is C13H13ClN2O4S. The van der Waals surface area contributed by atoms with Gasteiger partial charge in [-0.2, -0.15) is 0 Å². The van der Waals surface area contributed by atoms with Gasteiger partial charge in [0.1, 0.15) is 0 Å². The first-order valence-electron chi connectivity index (χ1n) is 6.11. The molecule has 8 heteroatoms. The minimum Gasteiger partial charge on any atom is -0.478 e. The average Bonchev–Trinajstić information content (AvgIpc) is 2.91. The van der Waals surface area contributed by atoms with Crippen LogP contribution in [-0.2, 0) is 16.4 Å². The lowest BCUT2D eigenvalue weighted by Gasteiger charge is -2.08. The van der Waals surface area contributed by atoms with Crippen molar-refractivity contribution < 1.29 is 18.3 Å². The standard InChI is InChI=1S/C13H13ClN2O4S/c14-11-3-2-10(13(17)18)8-12(11)21(19,20)7-1-5-16-6-4-15-9-16/h2-4,6,8-9H,1,5,7H2,(H,17,18). The normalized spacial score (nSPS) is 11.5. The van der Waals surface area contributed by atoms with Gasteiger partial charge in [-0.3, -0.25) is 0 Å². The first kappa shape index (κ1) is 15.5. The van der Waals surface area contributed by atoms with Crippen LogP contribution in [0.15, 0.2) is 41.8 Å². The largest absolute Gasteiger partial charge is 0.478 e. The Bertz CT molecular complexity index is 742.